The summed E-state index contributed by atoms with van der Waals surface area (Å²) in [5.41, 5.74) is 7.67. The number of primary amides is 1. The number of aromatic nitrogens is 2. The highest BCUT2D eigenvalue weighted by atomic mass is 35.5. The molecule has 0 aliphatic heterocycles. The number of rotatable bonds is 9. The third-order valence-electron chi connectivity index (χ3n) is 4.48. The molecule has 0 bridgehead atoms. The summed E-state index contributed by atoms with van der Waals surface area (Å²) < 4.78 is 4.81. The molecule has 1 atom stereocenters. The van der Waals surface area contributed by atoms with E-state index in [0.29, 0.717) is 22.2 Å². The molecule has 0 saturated heterocycles. The Bertz CT molecular complexity index is 1110. The van der Waals surface area contributed by atoms with Crippen LogP contribution in [0.5, 0.6) is 0 Å². The van der Waals surface area contributed by atoms with Crippen molar-refractivity contribution >= 4 is 46.6 Å². The zero-order valence-corrected chi connectivity index (χ0v) is 18.3. The summed E-state index contributed by atoms with van der Waals surface area (Å²) in [7, 11) is 1.43. The molecule has 0 radical (unpaired) electrons. The molecule has 2 aromatic carbocycles. The fourth-order valence-electron chi connectivity index (χ4n) is 2.91. The second-order valence-electron chi connectivity index (χ2n) is 6.90. The topological polar surface area (TPSA) is 131 Å². The first-order valence-corrected chi connectivity index (χ1v) is 10.1. The van der Waals surface area contributed by atoms with Crippen molar-refractivity contribution in [3.8, 4) is 0 Å². The molecular formula is C22H23ClN6O3. The van der Waals surface area contributed by atoms with Gasteiger partial charge in [0.25, 0.3) is 5.91 Å². The van der Waals surface area contributed by atoms with Crippen LogP contribution in [-0.2, 0) is 9.53 Å². The number of nitrogens with zero attached hydrogens (tertiary/aromatic N) is 2. The van der Waals surface area contributed by atoms with Gasteiger partial charge in [-0.05, 0) is 30.7 Å². The lowest BCUT2D eigenvalue weighted by Crippen LogP contribution is -2.18. The smallest absolute Gasteiger partial charge is 0.254 e. The van der Waals surface area contributed by atoms with E-state index in [-0.39, 0.29) is 30.1 Å². The zero-order valence-electron chi connectivity index (χ0n) is 17.6. The van der Waals surface area contributed by atoms with Gasteiger partial charge in [0.15, 0.2) is 0 Å². The Balaban J connectivity index is 1.84. The van der Waals surface area contributed by atoms with Gasteiger partial charge in [0.1, 0.15) is 12.4 Å². The molecule has 10 heteroatoms. The molecule has 3 rings (SSSR count). The number of hydrogen-bond donors (Lipinski definition) is 4. The number of ether oxygens (including phenoxy) is 1. The van der Waals surface area contributed by atoms with E-state index in [1.165, 1.54) is 13.3 Å². The molecular weight excluding hydrogens is 432 g/mol. The Morgan fingerprint density at radius 3 is 2.62 bits per heavy atom. The van der Waals surface area contributed by atoms with Gasteiger partial charge < -0.3 is 26.4 Å². The number of hydrogen-bond acceptors (Lipinski definition) is 7. The van der Waals surface area contributed by atoms with Crippen LogP contribution >= 0.6 is 11.6 Å². The van der Waals surface area contributed by atoms with Crippen LogP contribution in [0.1, 0.15) is 28.9 Å². The van der Waals surface area contributed by atoms with Gasteiger partial charge in [-0.15, -0.1) is 0 Å². The van der Waals surface area contributed by atoms with Crippen molar-refractivity contribution in [2.45, 2.75) is 13.0 Å². The highest BCUT2D eigenvalue weighted by Crippen LogP contribution is 2.28. The summed E-state index contributed by atoms with van der Waals surface area (Å²) in [6.07, 6.45) is 1.36. The van der Waals surface area contributed by atoms with E-state index in [2.05, 4.69) is 25.9 Å². The molecule has 2 amide bonds. The lowest BCUT2D eigenvalue weighted by atomic mass is 10.1. The number of amides is 2. The third kappa shape index (κ3) is 5.93. The summed E-state index contributed by atoms with van der Waals surface area (Å²) in [6, 6.07) is 14.6. The monoisotopic (exact) mass is 454 g/mol. The standard InChI is InChI=1S/C22H23ClN6O3/c1-13(14-6-4-3-5-7-14)26-21-16(20(24)31)11-25-22(29-21)27-15-8-9-17(23)18(10-15)28-19(30)12-32-2/h3-11,13H,12H2,1-2H3,(H2,24,31)(H,28,30)(H2,25,26,27,29). The average molecular weight is 455 g/mol. The van der Waals surface area contributed by atoms with Crippen LogP contribution in [-0.4, -0.2) is 35.5 Å². The molecule has 0 aliphatic carbocycles. The maximum Gasteiger partial charge on any atom is 0.254 e. The SMILES string of the molecule is COCC(=O)Nc1cc(Nc2ncc(C(N)=O)c(NC(C)c3ccccc3)n2)ccc1Cl. The number of carbonyl (C=O) groups is 2. The molecule has 1 unspecified atom stereocenters. The van der Waals surface area contributed by atoms with E-state index in [1.807, 2.05) is 37.3 Å². The number of nitrogens with one attached hydrogen (secondary N) is 3. The van der Waals surface area contributed by atoms with Crippen LogP contribution in [0.2, 0.25) is 5.02 Å². The van der Waals surface area contributed by atoms with Gasteiger partial charge in [-0.1, -0.05) is 41.9 Å². The van der Waals surface area contributed by atoms with Gasteiger partial charge in [-0.2, -0.15) is 4.98 Å². The minimum atomic E-state index is -0.644. The number of benzene rings is 2. The van der Waals surface area contributed by atoms with E-state index in [9.17, 15) is 9.59 Å². The fourth-order valence-corrected chi connectivity index (χ4v) is 3.07. The summed E-state index contributed by atoms with van der Waals surface area (Å²) in [6.45, 7) is 1.85. The predicted octanol–water partition coefficient (Wildman–Crippen LogP) is 3.73. The summed E-state index contributed by atoms with van der Waals surface area (Å²) in [4.78, 5) is 32.3. The molecule has 9 nitrogen and oxygen atoms in total. The highest BCUT2D eigenvalue weighted by Gasteiger charge is 2.16. The number of halogens is 1. The number of carbonyl (C=O) groups excluding carboxylic acids is 2. The van der Waals surface area contributed by atoms with Crippen LogP contribution in [0.25, 0.3) is 0 Å². The number of methoxy groups -OCH3 is 1. The average Bonchev–Trinajstić information content (AvgIpc) is 2.77. The molecule has 1 aromatic heterocycles. The maximum atomic E-state index is 11.9. The lowest BCUT2D eigenvalue weighted by Gasteiger charge is -2.17. The van der Waals surface area contributed by atoms with Crippen LogP contribution in [0.15, 0.2) is 54.7 Å². The summed E-state index contributed by atoms with van der Waals surface area (Å²) in [5, 5.41) is 9.28. The minimum Gasteiger partial charge on any atom is -0.375 e. The highest BCUT2D eigenvalue weighted by molar-refractivity contribution is 6.33. The van der Waals surface area contributed by atoms with E-state index in [1.54, 1.807) is 18.2 Å². The number of nitrogens with two attached hydrogens (primary N) is 1. The van der Waals surface area contributed by atoms with Gasteiger partial charge in [-0.25, -0.2) is 4.98 Å². The van der Waals surface area contributed by atoms with Crippen LogP contribution in [0.3, 0.4) is 0 Å². The van der Waals surface area contributed by atoms with Gasteiger partial charge in [0.05, 0.1) is 16.3 Å². The van der Waals surface area contributed by atoms with E-state index in [4.69, 9.17) is 22.1 Å². The maximum absolute atomic E-state index is 11.9. The molecule has 0 saturated carbocycles. The summed E-state index contributed by atoms with van der Waals surface area (Å²) >= 11 is 6.16. The van der Waals surface area contributed by atoms with E-state index < -0.39 is 5.91 Å². The second kappa shape index (κ2) is 10.6. The van der Waals surface area contributed by atoms with Gasteiger partial charge >= 0.3 is 0 Å². The van der Waals surface area contributed by atoms with Crippen molar-refractivity contribution in [2.75, 3.05) is 29.7 Å². The molecule has 1 heterocycles. The van der Waals surface area contributed by atoms with Crippen molar-refractivity contribution in [1.82, 2.24) is 9.97 Å². The first kappa shape index (κ1) is 23.0. The molecule has 5 N–H and O–H groups in total. The third-order valence-corrected chi connectivity index (χ3v) is 4.81. The first-order chi connectivity index (χ1) is 15.4. The Kier molecular flexibility index (Phi) is 7.58. The molecule has 0 spiro atoms. The van der Waals surface area contributed by atoms with Crippen LogP contribution in [0.4, 0.5) is 23.1 Å². The van der Waals surface area contributed by atoms with Crippen LogP contribution in [0, 0.1) is 0 Å². The summed E-state index contributed by atoms with van der Waals surface area (Å²) in [5.74, 6) is -0.452. The molecule has 0 fully saturated rings. The van der Waals surface area contributed by atoms with Gasteiger partial charge in [0.2, 0.25) is 11.9 Å². The van der Waals surface area contributed by atoms with Gasteiger partial charge in [0, 0.05) is 25.0 Å². The molecule has 32 heavy (non-hydrogen) atoms. The Hall–Kier alpha value is -3.69. The molecule has 3 aromatic rings. The minimum absolute atomic E-state index is 0.0969. The first-order valence-electron chi connectivity index (χ1n) is 9.71. The van der Waals surface area contributed by atoms with Crippen molar-refractivity contribution in [3.05, 3.63) is 70.9 Å². The normalized spacial score (nSPS) is 11.5. The Morgan fingerprint density at radius 1 is 1.19 bits per heavy atom. The molecule has 0 aliphatic rings. The zero-order chi connectivity index (χ0) is 23.1. The molecule has 166 valence electrons. The van der Waals surface area contributed by atoms with E-state index in [0.717, 1.165) is 5.56 Å². The van der Waals surface area contributed by atoms with Crippen molar-refractivity contribution in [2.24, 2.45) is 5.73 Å². The van der Waals surface area contributed by atoms with Crippen molar-refractivity contribution < 1.29 is 14.3 Å². The predicted molar refractivity (Wildman–Crippen MR) is 124 cm³/mol. The quantitative estimate of drug-likeness (QED) is 0.387. The largest absolute Gasteiger partial charge is 0.375 e. The van der Waals surface area contributed by atoms with E-state index >= 15 is 0 Å². The lowest BCUT2D eigenvalue weighted by molar-refractivity contribution is -0.119. The fraction of sp³-hybridized carbons (Fsp3) is 0.182. The van der Waals surface area contributed by atoms with Crippen molar-refractivity contribution in [1.29, 1.82) is 0 Å². The Labute approximate surface area is 190 Å². The number of anilines is 4. The van der Waals surface area contributed by atoms with Crippen molar-refractivity contribution in [3.63, 3.8) is 0 Å². The van der Waals surface area contributed by atoms with Crippen LogP contribution < -0.4 is 21.7 Å². The van der Waals surface area contributed by atoms with Gasteiger partial charge in [-0.3, -0.25) is 9.59 Å². The Morgan fingerprint density at radius 2 is 1.94 bits per heavy atom. The second-order valence-corrected chi connectivity index (χ2v) is 7.30.